The largest absolute Gasteiger partial charge is 0.317 e. The smallest absolute Gasteiger partial charge is 0.230 e. The van der Waals surface area contributed by atoms with Crippen molar-refractivity contribution in [2.24, 2.45) is 5.92 Å². The molecule has 5 heteroatoms. The van der Waals surface area contributed by atoms with Gasteiger partial charge in [-0.2, -0.15) is 0 Å². The van der Waals surface area contributed by atoms with Gasteiger partial charge >= 0.3 is 0 Å². The van der Waals surface area contributed by atoms with E-state index in [1.54, 1.807) is 17.0 Å². The zero-order valence-electron chi connectivity index (χ0n) is 11.0. The summed E-state index contributed by atoms with van der Waals surface area (Å²) < 4.78 is 0. The number of nitrogens with one attached hydrogen (secondary N) is 1. The van der Waals surface area contributed by atoms with Gasteiger partial charge in [0.2, 0.25) is 5.91 Å². The number of nitrogens with zero attached hydrogens (tertiary/aromatic N) is 1. The molecule has 1 aliphatic heterocycles. The van der Waals surface area contributed by atoms with Crippen molar-refractivity contribution in [2.45, 2.75) is 19.8 Å². The van der Waals surface area contributed by atoms with Gasteiger partial charge in [0.05, 0.1) is 10.7 Å². The van der Waals surface area contributed by atoms with Crippen LogP contribution in [-0.4, -0.2) is 25.5 Å². The van der Waals surface area contributed by atoms with E-state index in [0.29, 0.717) is 16.6 Å². The number of hydrogen-bond donors (Lipinski definition) is 1. The summed E-state index contributed by atoms with van der Waals surface area (Å²) in [5, 5.41) is 4.38. The zero-order chi connectivity index (χ0) is 13.8. The molecule has 3 nitrogen and oxygen atoms in total. The minimum absolute atomic E-state index is 0.0907. The normalized spacial score (nSPS) is 16.4. The minimum atomic E-state index is 0.0907. The van der Waals surface area contributed by atoms with Crippen molar-refractivity contribution in [3.8, 4) is 0 Å². The summed E-state index contributed by atoms with van der Waals surface area (Å²) in [5.41, 5.74) is 0.747. The third-order valence-electron chi connectivity index (χ3n) is 3.47. The highest BCUT2D eigenvalue weighted by molar-refractivity contribution is 6.36. The summed E-state index contributed by atoms with van der Waals surface area (Å²) in [6.45, 7) is 4.39. The molecule has 1 aromatic rings. The van der Waals surface area contributed by atoms with Crippen LogP contribution in [0.15, 0.2) is 18.2 Å². The maximum Gasteiger partial charge on any atom is 0.230 e. The fourth-order valence-corrected chi connectivity index (χ4v) is 2.94. The second kappa shape index (κ2) is 6.60. The number of benzene rings is 1. The van der Waals surface area contributed by atoms with Gasteiger partial charge in [0.25, 0.3) is 0 Å². The lowest BCUT2D eigenvalue weighted by molar-refractivity contribution is -0.123. The molecule has 0 aromatic heterocycles. The lowest BCUT2D eigenvalue weighted by atomic mass is 9.96. The molecule has 1 saturated heterocycles. The molecule has 0 saturated carbocycles. The van der Waals surface area contributed by atoms with Crippen LogP contribution in [0, 0.1) is 5.92 Å². The SMILES string of the molecule is CCN(C(=O)C1CCNCC1)c1ccc(Cl)cc1Cl. The van der Waals surface area contributed by atoms with Crippen molar-refractivity contribution >= 4 is 34.8 Å². The fourth-order valence-electron chi connectivity index (χ4n) is 2.43. The predicted octanol–water partition coefficient (Wildman–Crippen LogP) is 3.35. The maximum absolute atomic E-state index is 12.6. The molecule has 104 valence electrons. The van der Waals surface area contributed by atoms with Crippen LogP contribution in [0.5, 0.6) is 0 Å². The Morgan fingerprint density at radius 1 is 1.37 bits per heavy atom. The Balaban J connectivity index is 2.20. The summed E-state index contributed by atoms with van der Waals surface area (Å²) in [7, 11) is 0. The molecular formula is C14H18Cl2N2O. The topological polar surface area (TPSA) is 32.3 Å². The van der Waals surface area contributed by atoms with Crippen LogP contribution >= 0.6 is 23.2 Å². The maximum atomic E-state index is 12.6. The van der Waals surface area contributed by atoms with Crippen LogP contribution in [0.2, 0.25) is 10.0 Å². The highest BCUT2D eigenvalue weighted by atomic mass is 35.5. The van der Waals surface area contributed by atoms with Gasteiger partial charge in [-0.15, -0.1) is 0 Å². The molecule has 0 spiro atoms. The first-order chi connectivity index (χ1) is 9.13. The lowest BCUT2D eigenvalue weighted by Crippen LogP contribution is -2.41. The zero-order valence-corrected chi connectivity index (χ0v) is 12.5. The second-order valence-electron chi connectivity index (χ2n) is 4.70. The molecule has 1 heterocycles. The minimum Gasteiger partial charge on any atom is -0.317 e. The van der Waals surface area contributed by atoms with Crippen LogP contribution in [-0.2, 0) is 4.79 Å². The molecule has 0 bridgehead atoms. The van der Waals surface area contributed by atoms with Gasteiger partial charge in [-0.1, -0.05) is 23.2 Å². The molecule has 1 amide bonds. The molecule has 0 atom stereocenters. The van der Waals surface area contributed by atoms with Crippen molar-refractivity contribution in [2.75, 3.05) is 24.5 Å². The molecule has 1 N–H and O–H groups in total. The van der Waals surface area contributed by atoms with E-state index in [0.717, 1.165) is 31.6 Å². The number of anilines is 1. The van der Waals surface area contributed by atoms with E-state index in [1.807, 2.05) is 13.0 Å². The Morgan fingerprint density at radius 2 is 2.05 bits per heavy atom. The van der Waals surface area contributed by atoms with E-state index in [9.17, 15) is 4.79 Å². The molecule has 1 aromatic carbocycles. The summed E-state index contributed by atoms with van der Waals surface area (Å²) >= 11 is 12.1. The van der Waals surface area contributed by atoms with Crippen molar-refractivity contribution in [3.05, 3.63) is 28.2 Å². The highest BCUT2D eigenvalue weighted by Crippen LogP contribution is 2.30. The van der Waals surface area contributed by atoms with Gasteiger partial charge in [-0.25, -0.2) is 0 Å². The number of hydrogen-bond acceptors (Lipinski definition) is 2. The number of halogens is 2. The van der Waals surface area contributed by atoms with Crippen LogP contribution < -0.4 is 10.2 Å². The van der Waals surface area contributed by atoms with Crippen LogP contribution in [0.25, 0.3) is 0 Å². The Labute approximate surface area is 123 Å². The van der Waals surface area contributed by atoms with Crippen molar-refractivity contribution in [1.29, 1.82) is 0 Å². The van der Waals surface area contributed by atoms with E-state index >= 15 is 0 Å². The van der Waals surface area contributed by atoms with Gasteiger partial charge in [-0.05, 0) is 51.1 Å². The molecular weight excluding hydrogens is 283 g/mol. The van der Waals surface area contributed by atoms with E-state index < -0.39 is 0 Å². The first-order valence-corrected chi connectivity index (χ1v) is 7.36. The molecule has 0 aliphatic carbocycles. The fraction of sp³-hybridized carbons (Fsp3) is 0.500. The number of rotatable bonds is 3. The third kappa shape index (κ3) is 3.41. The predicted molar refractivity (Wildman–Crippen MR) is 80.1 cm³/mol. The summed E-state index contributed by atoms with van der Waals surface area (Å²) in [6.07, 6.45) is 1.78. The average Bonchev–Trinajstić information content (AvgIpc) is 2.42. The quantitative estimate of drug-likeness (QED) is 0.928. The Bertz CT molecular complexity index is 459. The van der Waals surface area contributed by atoms with Gasteiger partial charge in [0.15, 0.2) is 0 Å². The molecule has 1 aliphatic rings. The number of carbonyl (C=O) groups is 1. The number of carbonyl (C=O) groups excluding carboxylic acids is 1. The van der Waals surface area contributed by atoms with Crippen molar-refractivity contribution in [1.82, 2.24) is 5.32 Å². The molecule has 0 radical (unpaired) electrons. The average molecular weight is 301 g/mol. The van der Waals surface area contributed by atoms with Crippen LogP contribution in [0.3, 0.4) is 0 Å². The Hall–Kier alpha value is -0.770. The molecule has 0 unspecified atom stereocenters. The lowest BCUT2D eigenvalue weighted by Gasteiger charge is -2.29. The third-order valence-corrected chi connectivity index (χ3v) is 4.01. The van der Waals surface area contributed by atoms with Crippen molar-refractivity contribution in [3.63, 3.8) is 0 Å². The molecule has 19 heavy (non-hydrogen) atoms. The number of amides is 1. The standard InChI is InChI=1S/C14H18Cl2N2O/c1-2-18(13-4-3-11(15)9-12(13)16)14(19)10-5-7-17-8-6-10/h3-4,9-10,17H,2,5-8H2,1H3. The summed E-state index contributed by atoms with van der Waals surface area (Å²) in [5.74, 6) is 0.251. The summed E-state index contributed by atoms with van der Waals surface area (Å²) in [4.78, 5) is 14.3. The molecule has 1 fully saturated rings. The summed E-state index contributed by atoms with van der Waals surface area (Å²) in [6, 6.07) is 5.26. The van der Waals surface area contributed by atoms with E-state index in [4.69, 9.17) is 23.2 Å². The monoisotopic (exact) mass is 300 g/mol. The van der Waals surface area contributed by atoms with Crippen molar-refractivity contribution < 1.29 is 4.79 Å². The Kier molecular flexibility index (Phi) is 5.08. The second-order valence-corrected chi connectivity index (χ2v) is 5.55. The molecule has 2 rings (SSSR count). The first kappa shape index (κ1) is 14.6. The van der Waals surface area contributed by atoms with Gasteiger partial charge in [-0.3, -0.25) is 4.79 Å². The van der Waals surface area contributed by atoms with Gasteiger partial charge in [0.1, 0.15) is 0 Å². The van der Waals surface area contributed by atoms with Crippen LogP contribution in [0.4, 0.5) is 5.69 Å². The number of piperidine rings is 1. The highest BCUT2D eigenvalue weighted by Gasteiger charge is 2.26. The van der Waals surface area contributed by atoms with E-state index in [-0.39, 0.29) is 11.8 Å². The van der Waals surface area contributed by atoms with E-state index in [1.165, 1.54) is 0 Å². The van der Waals surface area contributed by atoms with E-state index in [2.05, 4.69) is 5.32 Å². The first-order valence-electron chi connectivity index (χ1n) is 6.60. The van der Waals surface area contributed by atoms with Gasteiger partial charge < -0.3 is 10.2 Å². The van der Waals surface area contributed by atoms with Gasteiger partial charge in [0, 0.05) is 17.5 Å². The Morgan fingerprint density at radius 3 is 2.63 bits per heavy atom. The van der Waals surface area contributed by atoms with Crippen LogP contribution in [0.1, 0.15) is 19.8 Å².